The number of carboxylic acids is 1. The highest BCUT2D eigenvalue weighted by atomic mass is 19.1. The highest BCUT2D eigenvalue weighted by Gasteiger charge is 2.38. The number of carbonyl (C=O) groups excluding carboxylic acids is 2. The van der Waals surface area contributed by atoms with E-state index in [9.17, 15) is 19.2 Å². The van der Waals surface area contributed by atoms with Gasteiger partial charge < -0.3 is 25.5 Å². The standard InChI is InChI=1S/C29H29FN4O6/c1-3-13-15-8-22-26-16(10-34(22)28(38)17(15)11-40-29(13)39)25-20(33-27(37)19(31)5-7-23(35)36)6-4-14-12(2)18(30)9-21(32-26)24(14)25/h8-9,13,19-20H,3-7,10-11,31H2,1-2H3,(H,33,37)(H,35,36). The second kappa shape index (κ2) is 9.51. The maximum absolute atomic E-state index is 15.0. The number of hydrogen-bond acceptors (Lipinski definition) is 7. The molecule has 40 heavy (non-hydrogen) atoms. The van der Waals surface area contributed by atoms with Gasteiger partial charge in [0, 0.05) is 23.4 Å². The van der Waals surface area contributed by atoms with Crippen molar-refractivity contribution in [1.82, 2.24) is 14.9 Å². The Bertz CT molecular complexity index is 1700. The van der Waals surface area contributed by atoms with Crippen LogP contribution in [0.2, 0.25) is 0 Å². The van der Waals surface area contributed by atoms with Gasteiger partial charge in [-0.15, -0.1) is 0 Å². The molecule has 4 heterocycles. The zero-order chi connectivity index (χ0) is 28.5. The van der Waals surface area contributed by atoms with Crippen molar-refractivity contribution in [1.29, 1.82) is 0 Å². The van der Waals surface area contributed by atoms with E-state index >= 15 is 4.39 Å². The number of cyclic esters (lactones) is 1. The highest BCUT2D eigenvalue weighted by Crippen LogP contribution is 2.45. The largest absolute Gasteiger partial charge is 0.481 e. The minimum atomic E-state index is -1.04. The van der Waals surface area contributed by atoms with Crippen LogP contribution in [0.15, 0.2) is 16.9 Å². The Morgan fingerprint density at radius 3 is 2.77 bits per heavy atom. The number of fused-ring (bicyclic) bond motifs is 5. The number of hydrogen-bond donors (Lipinski definition) is 3. The summed E-state index contributed by atoms with van der Waals surface area (Å²) in [6, 6.07) is 1.71. The third kappa shape index (κ3) is 3.90. The van der Waals surface area contributed by atoms with Crippen LogP contribution in [0.25, 0.3) is 22.3 Å². The molecular weight excluding hydrogens is 519 g/mol. The molecule has 2 aliphatic heterocycles. The minimum absolute atomic E-state index is 0.00949. The number of ether oxygens (including phenoxy) is 1. The van der Waals surface area contributed by atoms with Gasteiger partial charge in [-0.05, 0) is 60.9 Å². The maximum atomic E-state index is 15.0. The van der Waals surface area contributed by atoms with Gasteiger partial charge >= 0.3 is 11.9 Å². The Hall–Kier alpha value is -4.12. The van der Waals surface area contributed by atoms with Gasteiger partial charge in [0.05, 0.1) is 47.0 Å². The van der Waals surface area contributed by atoms with Gasteiger partial charge in [0.2, 0.25) is 5.91 Å². The fraction of sp³-hybridized carbons (Fsp3) is 0.414. The quantitative estimate of drug-likeness (QED) is 0.311. The van der Waals surface area contributed by atoms with Crippen LogP contribution in [0.4, 0.5) is 4.39 Å². The smallest absolute Gasteiger partial charge is 0.313 e. The first-order chi connectivity index (χ1) is 19.1. The fourth-order valence-electron chi connectivity index (χ4n) is 6.41. The molecular formula is C29H29FN4O6. The van der Waals surface area contributed by atoms with Crippen molar-refractivity contribution >= 4 is 28.7 Å². The SMILES string of the molecule is CCC1C(=O)OCc2c1cc1n(c2=O)Cc2c-1nc1cc(F)c(C)c3c1c2C(NC(=O)C(N)CCC(=O)O)CC3. The molecule has 6 rings (SSSR count). The lowest BCUT2D eigenvalue weighted by Crippen LogP contribution is -2.43. The third-order valence-electron chi connectivity index (χ3n) is 8.52. The number of pyridine rings is 2. The molecule has 0 saturated heterocycles. The summed E-state index contributed by atoms with van der Waals surface area (Å²) >= 11 is 0. The number of esters is 1. The molecule has 3 aromatic rings. The summed E-state index contributed by atoms with van der Waals surface area (Å²) in [4.78, 5) is 54.9. The molecule has 3 unspecified atom stereocenters. The number of nitrogens with two attached hydrogens (primary N) is 1. The van der Waals surface area contributed by atoms with E-state index in [-0.39, 0.29) is 43.3 Å². The number of benzene rings is 1. The van der Waals surface area contributed by atoms with Crippen LogP contribution in [0.1, 0.15) is 77.9 Å². The van der Waals surface area contributed by atoms with Gasteiger partial charge in [0.25, 0.3) is 5.56 Å². The second-order valence-corrected chi connectivity index (χ2v) is 10.8. The van der Waals surface area contributed by atoms with Crippen LogP contribution >= 0.6 is 0 Å². The van der Waals surface area contributed by atoms with E-state index in [0.717, 1.165) is 22.1 Å². The third-order valence-corrected chi connectivity index (χ3v) is 8.52. The topological polar surface area (TPSA) is 154 Å². The van der Waals surface area contributed by atoms with Crippen LogP contribution in [0.3, 0.4) is 0 Å². The number of amides is 1. The van der Waals surface area contributed by atoms with Gasteiger partial charge in [0.15, 0.2) is 0 Å². The van der Waals surface area contributed by atoms with E-state index in [1.54, 1.807) is 11.5 Å². The maximum Gasteiger partial charge on any atom is 0.313 e. The summed E-state index contributed by atoms with van der Waals surface area (Å²) in [7, 11) is 0. The van der Waals surface area contributed by atoms with E-state index in [4.69, 9.17) is 20.6 Å². The summed E-state index contributed by atoms with van der Waals surface area (Å²) in [6.45, 7) is 3.69. The van der Waals surface area contributed by atoms with Crippen LogP contribution < -0.4 is 16.6 Å². The molecule has 1 aliphatic carbocycles. The molecule has 0 spiro atoms. The fourth-order valence-corrected chi connectivity index (χ4v) is 6.41. The number of aryl methyl sites for hydroxylation is 1. The van der Waals surface area contributed by atoms with Crippen molar-refractivity contribution in [2.45, 2.75) is 77.1 Å². The Kier molecular flexibility index (Phi) is 6.21. The van der Waals surface area contributed by atoms with Crippen molar-refractivity contribution in [2.24, 2.45) is 5.73 Å². The van der Waals surface area contributed by atoms with Crippen molar-refractivity contribution in [2.75, 3.05) is 0 Å². The molecule has 2 aromatic heterocycles. The predicted octanol–water partition coefficient (Wildman–Crippen LogP) is 2.72. The summed E-state index contributed by atoms with van der Waals surface area (Å²) in [5, 5.41) is 12.7. The number of aliphatic carboxylic acids is 1. The van der Waals surface area contributed by atoms with Crippen LogP contribution in [0.5, 0.6) is 0 Å². The van der Waals surface area contributed by atoms with E-state index < -0.39 is 29.9 Å². The van der Waals surface area contributed by atoms with E-state index in [1.807, 2.05) is 13.0 Å². The van der Waals surface area contributed by atoms with Gasteiger partial charge in [-0.2, -0.15) is 0 Å². The van der Waals surface area contributed by atoms with Gasteiger partial charge in [-0.1, -0.05) is 6.92 Å². The molecule has 4 N–H and O–H groups in total. The molecule has 0 bridgehead atoms. The minimum Gasteiger partial charge on any atom is -0.481 e. The summed E-state index contributed by atoms with van der Waals surface area (Å²) in [6.07, 6.45) is 1.21. The number of rotatable bonds is 6. The zero-order valence-electron chi connectivity index (χ0n) is 22.2. The molecule has 3 atom stereocenters. The van der Waals surface area contributed by atoms with Crippen molar-refractivity contribution in [3.8, 4) is 11.4 Å². The second-order valence-electron chi connectivity index (χ2n) is 10.8. The van der Waals surface area contributed by atoms with Gasteiger partial charge in [0.1, 0.15) is 12.4 Å². The first-order valence-electron chi connectivity index (χ1n) is 13.5. The van der Waals surface area contributed by atoms with E-state index in [1.165, 1.54) is 6.07 Å². The van der Waals surface area contributed by atoms with E-state index in [2.05, 4.69) is 5.32 Å². The lowest BCUT2D eigenvalue weighted by molar-refractivity contribution is -0.148. The van der Waals surface area contributed by atoms with Crippen LogP contribution in [0, 0.1) is 12.7 Å². The molecule has 0 fully saturated rings. The molecule has 10 nitrogen and oxygen atoms in total. The van der Waals surface area contributed by atoms with Gasteiger partial charge in [-0.3, -0.25) is 19.2 Å². The number of nitrogens with zero attached hydrogens (tertiary/aromatic N) is 2. The van der Waals surface area contributed by atoms with Crippen LogP contribution in [-0.4, -0.2) is 38.5 Å². The van der Waals surface area contributed by atoms with Crippen LogP contribution in [-0.2, 0) is 38.7 Å². The Morgan fingerprint density at radius 1 is 1.27 bits per heavy atom. The lowest BCUT2D eigenvalue weighted by atomic mass is 9.81. The normalized spacial score (nSPS) is 19.4. The Balaban J connectivity index is 1.52. The molecule has 3 aliphatic rings. The molecule has 11 heteroatoms. The number of halogens is 1. The molecule has 0 saturated carbocycles. The number of carbonyl (C=O) groups is 3. The molecule has 1 amide bonds. The molecule has 1 aromatic carbocycles. The Morgan fingerprint density at radius 2 is 2.05 bits per heavy atom. The average Bonchev–Trinajstić information content (AvgIpc) is 3.29. The first kappa shape index (κ1) is 26.1. The zero-order valence-corrected chi connectivity index (χ0v) is 22.2. The first-order valence-corrected chi connectivity index (χ1v) is 13.5. The average molecular weight is 549 g/mol. The monoisotopic (exact) mass is 548 g/mol. The van der Waals surface area contributed by atoms with E-state index in [0.29, 0.717) is 52.9 Å². The number of aromatic nitrogens is 2. The summed E-state index contributed by atoms with van der Waals surface area (Å²) in [5.74, 6) is -2.82. The van der Waals surface area contributed by atoms with Crippen molar-refractivity contribution in [3.05, 3.63) is 61.7 Å². The summed E-state index contributed by atoms with van der Waals surface area (Å²) < 4.78 is 21.9. The molecule has 0 radical (unpaired) electrons. The highest BCUT2D eigenvalue weighted by molar-refractivity contribution is 5.94. The predicted molar refractivity (Wildman–Crippen MR) is 142 cm³/mol. The van der Waals surface area contributed by atoms with Crippen molar-refractivity contribution < 1.29 is 28.6 Å². The number of carboxylic acid groups (broad SMARTS) is 1. The van der Waals surface area contributed by atoms with Crippen molar-refractivity contribution in [3.63, 3.8) is 0 Å². The Labute approximate surface area is 228 Å². The van der Waals surface area contributed by atoms with Gasteiger partial charge in [-0.25, -0.2) is 9.37 Å². The summed E-state index contributed by atoms with van der Waals surface area (Å²) in [5.41, 5.74) is 11.1. The molecule has 208 valence electrons. The number of nitrogens with one attached hydrogen (secondary N) is 1. The lowest BCUT2D eigenvalue weighted by Gasteiger charge is -2.30.